The molecular formula is C19H24N2O2. The minimum atomic E-state index is -0.175. The Morgan fingerprint density at radius 1 is 1.13 bits per heavy atom. The minimum absolute atomic E-state index is 0.0270. The molecule has 0 aliphatic rings. The number of carbonyl (C=O) groups excluding carboxylic acids is 2. The first kappa shape index (κ1) is 17.0. The fourth-order valence-corrected chi connectivity index (χ4v) is 2.96. The van der Waals surface area contributed by atoms with E-state index in [1.807, 2.05) is 52.0 Å². The van der Waals surface area contributed by atoms with Crippen molar-refractivity contribution in [3.8, 4) is 0 Å². The number of aromatic nitrogens is 1. The van der Waals surface area contributed by atoms with Crippen LogP contribution in [-0.2, 0) is 0 Å². The van der Waals surface area contributed by atoms with Crippen LogP contribution in [-0.4, -0.2) is 16.7 Å². The van der Waals surface area contributed by atoms with Crippen LogP contribution >= 0.6 is 0 Å². The van der Waals surface area contributed by atoms with E-state index in [-0.39, 0.29) is 17.7 Å². The summed E-state index contributed by atoms with van der Waals surface area (Å²) in [5, 5.41) is 3.06. The number of nitrogens with one attached hydrogen (secondary N) is 2. The first-order chi connectivity index (χ1) is 10.8. The van der Waals surface area contributed by atoms with E-state index in [2.05, 4.69) is 10.3 Å². The third-order valence-electron chi connectivity index (χ3n) is 4.21. The highest BCUT2D eigenvalue weighted by molar-refractivity contribution is 6.02. The smallest absolute Gasteiger partial charge is 0.268 e. The van der Waals surface area contributed by atoms with Gasteiger partial charge in [0.05, 0.1) is 6.04 Å². The van der Waals surface area contributed by atoms with Crippen LogP contribution in [0.2, 0.25) is 0 Å². The monoisotopic (exact) mass is 312 g/mol. The zero-order valence-corrected chi connectivity index (χ0v) is 14.4. The Labute approximate surface area is 137 Å². The number of Topliss-reactive ketones (excluding diaryl/α,β-unsaturated/α-hetero) is 1. The first-order valence-corrected chi connectivity index (χ1v) is 7.92. The van der Waals surface area contributed by atoms with E-state index in [1.165, 1.54) is 12.5 Å². The molecule has 0 saturated carbocycles. The van der Waals surface area contributed by atoms with Crippen LogP contribution in [0.3, 0.4) is 0 Å². The van der Waals surface area contributed by atoms with Crippen molar-refractivity contribution in [2.75, 3.05) is 0 Å². The second kappa shape index (κ2) is 6.82. The summed E-state index contributed by atoms with van der Waals surface area (Å²) in [6.07, 6.45) is 0.799. The van der Waals surface area contributed by atoms with Crippen molar-refractivity contribution in [2.24, 2.45) is 0 Å². The largest absolute Gasteiger partial charge is 0.354 e. The Hall–Kier alpha value is -2.36. The van der Waals surface area contributed by atoms with Crippen LogP contribution < -0.4 is 5.32 Å². The van der Waals surface area contributed by atoms with Crippen molar-refractivity contribution in [1.29, 1.82) is 0 Å². The lowest BCUT2D eigenvalue weighted by atomic mass is 10.0. The van der Waals surface area contributed by atoms with E-state index in [4.69, 9.17) is 0 Å². The minimum Gasteiger partial charge on any atom is -0.354 e. The number of rotatable bonds is 5. The van der Waals surface area contributed by atoms with Gasteiger partial charge in [0.25, 0.3) is 5.91 Å². The number of benzene rings is 1. The summed E-state index contributed by atoms with van der Waals surface area (Å²) in [7, 11) is 0. The molecule has 2 rings (SSSR count). The fraction of sp³-hybridized carbons (Fsp3) is 0.368. The second-order valence-corrected chi connectivity index (χ2v) is 6.03. The lowest BCUT2D eigenvalue weighted by molar-refractivity contribution is 0.0930. The van der Waals surface area contributed by atoms with E-state index in [9.17, 15) is 9.59 Å². The Kier molecular flexibility index (Phi) is 5.04. The van der Waals surface area contributed by atoms with Gasteiger partial charge < -0.3 is 10.3 Å². The van der Waals surface area contributed by atoms with Crippen LogP contribution in [0.25, 0.3) is 0 Å². The molecule has 2 aromatic rings. The van der Waals surface area contributed by atoms with Gasteiger partial charge >= 0.3 is 0 Å². The average molecular weight is 312 g/mol. The van der Waals surface area contributed by atoms with E-state index in [0.717, 1.165) is 17.7 Å². The third-order valence-corrected chi connectivity index (χ3v) is 4.21. The number of H-pyrrole nitrogens is 1. The highest BCUT2D eigenvalue weighted by atomic mass is 16.2. The topological polar surface area (TPSA) is 62.0 Å². The predicted molar refractivity (Wildman–Crippen MR) is 91.9 cm³/mol. The van der Waals surface area contributed by atoms with Gasteiger partial charge in [0.2, 0.25) is 0 Å². The zero-order chi connectivity index (χ0) is 17.1. The van der Waals surface area contributed by atoms with Crippen molar-refractivity contribution in [3.63, 3.8) is 0 Å². The SMILES string of the molecule is CCC(NC(=O)c1[nH]c(C)c(C(C)=O)c1C)c1ccc(C)cc1. The van der Waals surface area contributed by atoms with Gasteiger partial charge in [-0.1, -0.05) is 36.8 Å². The van der Waals surface area contributed by atoms with Crippen LogP contribution in [0, 0.1) is 20.8 Å². The quantitative estimate of drug-likeness (QED) is 0.819. The predicted octanol–water partition coefficient (Wildman–Crippen LogP) is 4.02. The van der Waals surface area contributed by atoms with E-state index >= 15 is 0 Å². The van der Waals surface area contributed by atoms with Gasteiger partial charge in [0, 0.05) is 11.3 Å². The van der Waals surface area contributed by atoms with E-state index in [1.54, 1.807) is 0 Å². The molecule has 4 heteroatoms. The van der Waals surface area contributed by atoms with Crippen molar-refractivity contribution in [3.05, 3.63) is 57.9 Å². The Morgan fingerprint density at radius 3 is 2.22 bits per heavy atom. The van der Waals surface area contributed by atoms with Gasteiger partial charge in [0.1, 0.15) is 5.69 Å². The second-order valence-electron chi connectivity index (χ2n) is 6.03. The van der Waals surface area contributed by atoms with Crippen LogP contribution in [0.1, 0.15) is 69.5 Å². The number of aromatic amines is 1. The van der Waals surface area contributed by atoms with Gasteiger partial charge in [-0.25, -0.2) is 0 Å². The van der Waals surface area contributed by atoms with Crippen molar-refractivity contribution in [1.82, 2.24) is 10.3 Å². The average Bonchev–Trinajstić information content (AvgIpc) is 2.80. The molecule has 0 aliphatic carbocycles. The number of hydrogen-bond donors (Lipinski definition) is 2. The summed E-state index contributed by atoms with van der Waals surface area (Å²) in [4.78, 5) is 27.4. The molecule has 1 aromatic carbocycles. The van der Waals surface area contributed by atoms with Gasteiger partial charge in [-0.05, 0) is 45.2 Å². The molecule has 0 fully saturated rings. The van der Waals surface area contributed by atoms with Gasteiger partial charge in [-0.15, -0.1) is 0 Å². The molecule has 0 spiro atoms. The zero-order valence-electron chi connectivity index (χ0n) is 14.4. The maximum atomic E-state index is 12.6. The Bertz CT molecular complexity index is 727. The van der Waals surface area contributed by atoms with Crippen molar-refractivity contribution < 1.29 is 9.59 Å². The summed E-state index contributed by atoms with van der Waals surface area (Å²) < 4.78 is 0. The summed E-state index contributed by atoms with van der Waals surface area (Å²) >= 11 is 0. The van der Waals surface area contributed by atoms with Crippen molar-refractivity contribution in [2.45, 2.75) is 47.1 Å². The Morgan fingerprint density at radius 2 is 1.74 bits per heavy atom. The number of ketones is 1. The standard InChI is InChI=1S/C19H24N2O2/c1-6-16(15-9-7-11(2)8-10-15)21-19(23)18-12(3)17(14(5)22)13(4)20-18/h7-10,16,20H,6H2,1-5H3,(H,21,23). The molecule has 1 heterocycles. The van der Waals surface area contributed by atoms with Gasteiger partial charge in [-0.3, -0.25) is 9.59 Å². The summed E-state index contributed by atoms with van der Waals surface area (Å²) in [5.74, 6) is -0.202. The molecule has 2 N–H and O–H groups in total. The molecule has 122 valence electrons. The summed E-state index contributed by atoms with van der Waals surface area (Å²) in [5.41, 5.74) is 4.81. The normalized spacial score (nSPS) is 12.0. The third kappa shape index (κ3) is 3.52. The van der Waals surface area contributed by atoms with E-state index < -0.39 is 0 Å². The van der Waals surface area contributed by atoms with Crippen LogP contribution in [0.5, 0.6) is 0 Å². The molecule has 1 aromatic heterocycles. The Balaban J connectivity index is 2.25. The number of aryl methyl sites for hydroxylation is 2. The molecular weight excluding hydrogens is 288 g/mol. The lowest BCUT2D eigenvalue weighted by Crippen LogP contribution is -2.29. The highest BCUT2D eigenvalue weighted by Gasteiger charge is 2.21. The molecule has 1 unspecified atom stereocenters. The maximum absolute atomic E-state index is 12.6. The van der Waals surface area contributed by atoms with E-state index in [0.29, 0.717) is 16.8 Å². The number of hydrogen-bond acceptors (Lipinski definition) is 2. The van der Waals surface area contributed by atoms with Crippen LogP contribution in [0.4, 0.5) is 0 Å². The van der Waals surface area contributed by atoms with Gasteiger partial charge in [-0.2, -0.15) is 0 Å². The molecule has 0 aliphatic heterocycles. The molecule has 0 radical (unpaired) electrons. The lowest BCUT2D eigenvalue weighted by Gasteiger charge is -2.17. The van der Waals surface area contributed by atoms with Crippen molar-refractivity contribution >= 4 is 11.7 Å². The van der Waals surface area contributed by atoms with Crippen LogP contribution in [0.15, 0.2) is 24.3 Å². The number of amides is 1. The molecule has 4 nitrogen and oxygen atoms in total. The molecule has 1 atom stereocenters. The fourth-order valence-electron chi connectivity index (χ4n) is 2.96. The molecule has 1 amide bonds. The molecule has 0 saturated heterocycles. The number of carbonyl (C=O) groups is 2. The molecule has 0 bridgehead atoms. The molecule has 23 heavy (non-hydrogen) atoms. The summed E-state index contributed by atoms with van der Waals surface area (Å²) in [6.45, 7) is 9.22. The highest BCUT2D eigenvalue weighted by Crippen LogP contribution is 2.21. The first-order valence-electron chi connectivity index (χ1n) is 7.92. The van der Waals surface area contributed by atoms with Gasteiger partial charge in [0.15, 0.2) is 5.78 Å². The maximum Gasteiger partial charge on any atom is 0.268 e. The summed E-state index contributed by atoms with van der Waals surface area (Å²) in [6, 6.07) is 8.12.